The van der Waals surface area contributed by atoms with Gasteiger partial charge in [-0.3, -0.25) is 4.79 Å². The van der Waals surface area contributed by atoms with Crippen molar-refractivity contribution in [2.75, 3.05) is 0 Å². The largest absolute Gasteiger partial charge is 0.299 e. The predicted molar refractivity (Wildman–Crippen MR) is 140 cm³/mol. The van der Waals surface area contributed by atoms with E-state index in [1.807, 2.05) is 0 Å². The summed E-state index contributed by atoms with van der Waals surface area (Å²) in [5, 5.41) is 0. The number of carbonyl (C=O) groups is 1. The van der Waals surface area contributed by atoms with Crippen molar-refractivity contribution in [3.63, 3.8) is 0 Å². The normalized spacial score (nSPS) is 12.1. The summed E-state index contributed by atoms with van der Waals surface area (Å²) in [7, 11) is 0. The Labute approximate surface area is 192 Å². The summed E-state index contributed by atoms with van der Waals surface area (Å²) < 4.78 is 0. The van der Waals surface area contributed by atoms with Crippen LogP contribution in [0.2, 0.25) is 0 Å². The molecule has 0 aliphatic heterocycles. The average Bonchev–Trinajstić information content (AvgIpc) is 2.75. The maximum absolute atomic E-state index is 10.5. The lowest BCUT2D eigenvalue weighted by molar-refractivity contribution is -0.104. The van der Waals surface area contributed by atoms with E-state index in [4.69, 9.17) is 0 Å². The van der Waals surface area contributed by atoms with Gasteiger partial charge in [-0.05, 0) is 85.7 Å². The van der Waals surface area contributed by atoms with Crippen LogP contribution in [0, 0.1) is 5.92 Å². The number of rotatable bonds is 19. The fourth-order valence-electron chi connectivity index (χ4n) is 3.24. The van der Waals surface area contributed by atoms with Gasteiger partial charge in [-0.25, -0.2) is 0 Å². The van der Waals surface area contributed by atoms with Crippen molar-refractivity contribution in [3.05, 3.63) is 97.2 Å². The summed E-state index contributed by atoms with van der Waals surface area (Å²) in [6, 6.07) is 0. The van der Waals surface area contributed by atoms with Crippen LogP contribution in [0.25, 0.3) is 0 Å². The van der Waals surface area contributed by atoms with E-state index in [9.17, 15) is 4.79 Å². The van der Waals surface area contributed by atoms with Crippen LogP contribution < -0.4 is 0 Å². The molecule has 0 aromatic rings. The fraction of sp³-hybridized carbons (Fsp3) is 0.433. The molecule has 170 valence electrons. The molecule has 0 aliphatic carbocycles. The van der Waals surface area contributed by atoms with Crippen molar-refractivity contribution >= 4 is 6.29 Å². The van der Waals surface area contributed by atoms with E-state index in [-0.39, 0.29) is 0 Å². The number of aldehydes is 1. The first-order valence-corrected chi connectivity index (χ1v) is 11.6. The van der Waals surface area contributed by atoms with Gasteiger partial charge in [0.05, 0.1) is 0 Å². The molecule has 0 rings (SSSR count). The molecule has 0 aromatic carbocycles. The predicted octanol–water partition coefficient (Wildman–Crippen LogP) is 9.19. The minimum atomic E-state index is 0.433. The molecule has 0 unspecified atom stereocenters. The molecule has 0 heterocycles. The molecule has 1 heteroatoms. The Morgan fingerprint density at radius 2 is 1.55 bits per heavy atom. The van der Waals surface area contributed by atoms with Gasteiger partial charge in [-0.15, -0.1) is 0 Å². The first-order chi connectivity index (χ1) is 14.7. The molecule has 0 N–H and O–H groups in total. The third kappa shape index (κ3) is 13.5. The highest BCUT2D eigenvalue weighted by atomic mass is 16.1. The Kier molecular flexibility index (Phi) is 15.9. The molecule has 1 atom stereocenters. The van der Waals surface area contributed by atoms with Gasteiger partial charge in [0.25, 0.3) is 0 Å². The van der Waals surface area contributed by atoms with Gasteiger partial charge < -0.3 is 0 Å². The van der Waals surface area contributed by atoms with E-state index >= 15 is 0 Å². The van der Waals surface area contributed by atoms with Crippen LogP contribution in [0.4, 0.5) is 0 Å². The monoisotopic (exact) mass is 420 g/mol. The van der Waals surface area contributed by atoms with Crippen molar-refractivity contribution in [1.82, 2.24) is 0 Å². The quantitative estimate of drug-likeness (QED) is 0.0669. The Balaban J connectivity index is 4.17. The zero-order chi connectivity index (χ0) is 23.6. The molecule has 0 bridgehead atoms. The first kappa shape index (κ1) is 28.6. The lowest BCUT2D eigenvalue weighted by Crippen LogP contribution is -2.02. The van der Waals surface area contributed by atoms with Crippen LogP contribution in [0.15, 0.2) is 97.2 Å². The molecule has 0 aliphatic rings. The van der Waals surface area contributed by atoms with E-state index in [0.29, 0.717) is 23.5 Å². The molecule has 0 radical (unpaired) electrons. The van der Waals surface area contributed by atoms with Gasteiger partial charge in [0.2, 0.25) is 0 Å². The average molecular weight is 421 g/mol. The second-order valence-electron chi connectivity index (χ2n) is 8.47. The van der Waals surface area contributed by atoms with Crippen LogP contribution >= 0.6 is 0 Å². The summed E-state index contributed by atoms with van der Waals surface area (Å²) in [6.45, 7) is 29.1. The van der Waals surface area contributed by atoms with Gasteiger partial charge in [-0.2, -0.15) is 0 Å². The van der Waals surface area contributed by atoms with Gasteiger partial charge >= 0.3 is 0 Å². The number of hydrogen-bond acceptors (Lipinski definition) is 1. The topological polar surface area (TPSA) is 17.1 Å². The first-order valence-electron chi connectivity index (χ1n) is 11.6. The molecular formula is C30H44O. The SMILES string of the molecule is C=C(CC/C=C/CCC[C@H](C)C(=C)CC(=C)C(=C)C(=C)C(=C)/C=C/C=O)CCCCC. The molecule has 0 spiro atoms. The van der Waals surface area contributed by atoms with Crippen LogP contribution in [0.3, 0.4) is 0 Å². The third-order valence-electron chi connectivity index (χ3n) is 5.67. The molecule has 1 nitrogen and oxygen atoms in total. The summed E-state index contributed by atoms with van der Waals surface area (Å²) in [5.41, 5.74) is 5.61. The fourth-order valence-corrected chi connectivity index (χ4v) is 3.24. The maximum atomic E-state index is 10.5. The molecule has 0 aromatic heterocycles. The Morgan fingerprint density at radius 3 is 2.19 bits per heavy atom. The van der Waals surface area contributed by atoms with Gasteiger partial charge in [0.15, 0.2) is 0 Å². The number of unbranched alkanes of at least 4 members (excludes halogenated alkanes) is 3. The molecular weight excluding hydrogens is 376 g/mol. The minimum Gasteiger partial charge on any atom is -0.299 e. The highest BCUT2D eigenvalue weighted by Crippen LogP contribution is 2.29. The highest BCUT2D eigenvalue weighted by Gasteiger charge is 2.12. The second kappa shape index (κ2) is 17.3. The Hall–Kier alpha value is -2.41. The lowest BCUT2D eigenvalue weighted by atomic mass is 9.87. The van der Waals surface area contributed by atoms with Gasteiger partial charge in [0, 0.05) is 0 Å². The number of allylic oxidation sites excluding steroid dienone is 10. The number of hydrogen-bond donors (Lipinski definition) is 0. The van der Waals surface area contributed by atoms with Gasteiger partial charge in [-0.1, -0.05) is 95.5 Å². The second-order valence-corrected chi connectivity index (χ2v) is 8.47. The molecule has 0 saturated heterocycles. The zero-order valence-corrected chi connectivity index (χ0v) is 20.2. The highest BCUT2D eigenvalue weighted by molar-refractivity contribution is 5.67. The van der Waals surface area contributed by atoms with Crippen molar-refractivity contribution < 1.29 is 4.79 Å². The molecule has 31 heavy (non-hydrogen) atoms. The number of carbonyl (C=O) groups excluding carboxylic acids is 1. The summed E-state index contributed by atoms with van der Waals surface area (Å²) in [5.74, 6) is 0.433. The summed E-state index contributed by atoms with van der Waals surface area (Å²) in [4.78, 5) is 10.5. The maximum Gasteiger partial charge on any atom is 0.142 e. The standard InChI is InChI=1S/C30H44O/c1-9-10-14-18-24(2)19-15-12-11-13-16-20-25(3)27(5)23-28(6)30(8)29(7)26(4)21-17-22-31/h11-12,17,21-22,25H,2,4-10,13-16,18-20,23H2,1,3H3/b12-11+,21-17+/t25-/m0/s1. The van der Waals surface area contributed by atoms with Gasteiger partial charge in [0.1, 0.15) is 6.29 Å². The van der Waals surface area contributed by atoms with Crippen LogP contribution in [0.1, 0.15) is 78.1 Å². The smallest absolute Gasteiger partial charge is 0.142 e. The van der Waals surface area contributed by atoms with Crippen molar-refractivity contribution in [1.29, 1.82) is 0 Å². The summed E-state index contributed by atoms with van der Waals surface area (Å²) >= 11 is 0. The van der Waals surface area contributed by atoms with Crippen molar-refractivity contribution in [2.24, 2.45) is 5.92 Å². The lowest BCUT2D eigenvalue weighted by Gasteiger charge is -2.18. The van der Waals surface area contributed by atoms with E-state index in [1.54, 1.807) is 6.08 Å². The Morgan fingerprint density at radius 1 is 0.871 bits per heavy atom. The molecule has 0 fully saturated rings. The summed E-state index contributed by atoms with van der Waals surface area (Å²) in [6.07, 6.45) is 19.7. The third-order valence-corrected chi connectivity index (χ3v) is 5.67. The van der Waals surface area contributed by atoms with Crippen molar-refractivity contribution in [3.8, 4) is 0 Å². The van der Waals surface area contributed by atoms with E-state index < -0.39 is 0 Å². The molecule has 0 saturated carbocycles. The zero-order valence-electron chi connectivity index (χ0n) is 20.2. The van der Waals surface area contributed by atoms with Crippen molar-refractivity contribution in [2.45, 2.75) is 78.1 Å². The minimum absolute atomic E-state index is 0.433. The van der Waals surface area contributed by atoms with E-state index in [2.05, 4.69) is 65.5 Å². The Bertz CT molecular complexity index is 711. The van der Waals surface area contributed by atoms with Crippen LogP contribution in [0.5, 0.6) is 0 Å². The van der Waals surface area contributed by atoms with E-state index in [0.717, 1.165) is 49.5 Å². The molecule has 0 amide bonds. The van der Waals surface area contributed by atoms with Crippen LogP contribution in [-0.4, -0.2) is 6.29 Å². The van der Waals surface area contributed by atoms with E-state index in [1.165, 1.54) is 42.9 Å². The van der Waals surface area contributed by atoms with Crippen LogP contribution in [-0.2, 0) is 4.79 Å².